The van der Waals surface area contributed by atoms with Crippen LogP contribution in [0.15, 0.2) is 60.0 Å². The summed E-state index contributed by atoms with van der Waals surface area (Å²) in [5.74, 6) is 0.544. The molecule has 1 spiro atoms. The van der Waals surface area contributed by atoms with E-state index < -0.39 is 11.1 Å². The number of carbonyl (C=O) groups is 1. The number of amides is 1. The first kappa shape index (κ1) is 24.0. The molecule has 2 aliphatic rings. The van der Waals surface area contributed by atoms with Gasteiger partial charge in [-0.15, -0.1) is 11.3 Å². The van der Waals surface area contributed by atoms with E-state index in [-0.39, 0.29) is 6.09 Å². The highest BCUT2D eigenvalue weighted by Crippen LogP contribution is 2.52. The van der Waals surface area contributed by atoms with Gasteiger partial charge in [0.1, 0.15) is 11.1 Å². The van der Waals surface area contributed by atoms with E-state index in [9.17, 15) is 4.79 Å². The summed E-state index contributed by atoms with van der Waals surface area (Å²) < 4.78 is 6.33. The largest absolute Gasteiger partial charge is 0.440 e. The second kappa shape index (κ2) is 9.40. The van der Waals surface area contributed by atoms with E-state index in [0.29, 0.717) is 12.5 Å². The van der Waals surface area contributed by atoms with Crippen molar-refractivity contribution in [3.8, 4) is 0 Å². The van der Waals surface area contributed by atoms with Crippen LogP contribution < -0.4 is 0 Å². The number of rotatable bonds is 6. The zero-order valence-corrected chi connectivity index (χ0v) is 22.0. The molecule has 5 rings (SSSR count). The lowest BCUT2D eigenvalue weighted by Gasteiger charge is -2.48. The maximum atomic E-state index is 13.4. The van der Waals surface area contributed by atoms with Crippen LogP contribution in [0.2, 0.25) is 0 Å². The van der Waals surface area contributed by atoms with E-state index in [0.717, 1.165) is 48.7 Å². The smallest absolute Gasteiger partial charge is 0.411 e. The van der Waals surface area contributed by atoms with Crippen molar-refractivity contribution < 1.29 is 9.53 Å². The highest BCUT2D eigenvalue weighted by Gasteiger charge is 2.63. The summed E-state index contributed by atoms with van der Waals surface area (Å²) in [5, 5.41) is 3.06. The van der Waals surface area contributed by atoms with Crippen molar-refractivity contribution in [2.45, 2.75) is 70.7 Å². The number of piperidine rings is 1. The first-order valence-corrected chi connectivity index (χ1v) is 13.5. The number of hydrogen-bond donors (Lipinski definition) is 0. The summed E-state index contributed by atoms with van der Waals surface area (Å²) in [7, 11) is 0. The molecule has 2 aromatic carbocycles. The van der Waals surface area contributed by atoms with E-state index in [4.69, 9.17) is 4.74 Å². The molecule has 184 valence electrons. The van der Waals surface area contributed by atoms with Crippen molar-refractivity contribution in [2.75, 3.05) is 13.1 Å². The molecule has 3 heterocycles. The lowest BCUT2D eigenvalue weighted by Crippen LogP contribution is -2.58. The Morgan fingerprint density at radius 2 is 1.71 bits per heavy atom. The third-order valence-electron chi connectivity index (χ3n) is 7.97. The third kappa shape index (κ3) is 4.38. The quantitative estimate of drug-likeness (QED) is 0.398. The topological polar surface area (TPSA) is 45.7 Å². The molecular weight excluding hydrogens is 454 g/mol. The Morgan fingerprint density at radius 1 is 1.03 bits per heavy atom. The van der Waals surface area contributed by atoms with Gasteiger partial charge in [0.2, 0.25) is 0 Å². The lowest BCUT2D eigenvalue weighted by atomic mass is 9.70. The van der Waals surface area contributed by atoms with Gasteiger partial charge in [-0.05, 0) is 36.5 Å². The standard InChI is InChI=1S/C29H35N3O2S/c1-21(2)24-12-10-23(11-13-24)18-31-16-14-29(15-17-31)28(4,25-8-6-5-7-9-25)32(27(33)34-29)19-26-20-35-22(3)30-26/h5-13,20-21H,14-19H2,1-4H3. The number of nitrogens with zero attached hydrogens (tertiary/aromatic N) is 3. The Hall–Kier alpha value is -2.70. The van der Waals surface area contributed by atoms with Crippen LogP contribution in [-0.2, 0) is 23.4 Å². The molecule has 2 aliphatic heterocycles. The molecule has 1 unspecified atom stereocenters. The molecule has 0 N–H and O–H groups in total. The molecule has 35 heavy (non-hydrogen) atoms. The molecule has 1 aromatic heterocycles. The fraction of sp³-hybridized carbons (Fsp3) is 0.448. The molecule has 1 amide bonds. The number of carbonyl (C=O) groups excluding carboxylic acids is 1. The van der Waals surface area contributed by atoms with Crippen molar-refractivity contribution in [2.24, 2.45) is 0 Å². The molecular formula is C29H35N3O2S. The van der Waals surface area contributed by atoms with Crippen LogP contribution in [-0.4, -0.2) is 39.6 Å². The Labute approximate surface area is 212 Å². The number of hydrogen-bond acceptors (Lipinski definition) is 5. The van der Waals surface area contributed by atoms with Crippen LogP contribution in [0.3, 0.4) is 0 Å². The van der Waals surface area contributed by atoms with E-state index in [1.807, 2.05) is 23.3 Å². The van der Waals surface area contributed by atoms with Crippen LogP contribution >= 0.6 is 11.3 Å². The van der Waals surface area contributed by atoms with Crippen LogP contribution in [0.1, 0.15) is 66.9 Å². The van der Waals surface area contributed by atoms with Gasteiger partial charge in [-0.1, -0.05) is 68.4 Å². The second-order valence-electron chi connectivity index (χ2n) is 10.4. The van der Waals surface area contributed by atoms with Crippen molar-refractivity contribution in [1.82, 2.24) is 14.8 Å². The first-order chi connectivity index (χ1) is 16.8. The van der Waals surface area contributed by atoms with E-state index in [1.165, 1.54) is 11.1 Å². The molecule has 2 saturated heterocycles. The zero-order chi connectivity index (χ0) is 24.6. The average Bonchev–Trinajstić information content (AvgIpc) is 3.36. The van der Waals surface area contributed by atoms with E-state index in [2.05, 4.69) is 79.2 Å². The van der Waals surface area contributed by atoms with Crippen molar-refractivity contribution >= 4 is 17.4 Å². The number of aromatic nitrogens is 1. The van der Waals surface area contributed by atoms with Gasteiger partial charge in [-0.3, -0.25) is 9.80 Å². The van der Waals surface area contributed by atoms with Gasteiger partial charge in [-0.2, -0.15) is 0 Å². The van der Waals surface area contributed by atoms with Gasteiger partial charge < -0.3 is 4.74 Å². The fourth-order valence-electron chi connectivity index (χ4n) is 5.72. The molecule has 0 bridgehead atoms. The fourth-order valence-corrected chi connectivity index (χ4v) is 6.33. The minimum absolute atomic E-state index is 0.236. The minimum atomic E-state index is -0.562. The minimum Gasteiger partial charge on any atom is -0.440 e. The van der Waals surface area contributed by atoms with Crippen molar-refractivity contribution in [1.29, 1.82) is 0 Å². The summed E-state index contributed by atoms with van der Waals surface area (Å²) in [6, 6.07) is 19.4. The number of likely N-dealkylation sites (tertiary alicyclic amines) is 1. The maximum Gasteiger partial charge on any atom is 0.411 e. The Kier molecular flexibility index (Phi) is 6.45. The molecule has 0 aliphatic carbocycles. The van der Waals surface area contributed by atoms with Gasteiger partial charge in [0, 0.05) is 37.9 Å². The molecule has 2 fully saturated rings. The highest BCUT2D eigenvalue weighted by atomic mass is 32.1. The van der Waals surface area contributed by atoms with Gasteiger partial charge in [-0.25, -0.2) is 9.78 Å². The monoisotopic (exact) mass is 489 g/mol. The first-order valence-electron chi connectivity index (χ1n) is 12.6. The number of thiazole rings is 1. The van der Waals surface area contributed by atoms with Gasteiger partial charge in [0.25, 0.3) is 0 Å². The summed E-state index contributed by atoms with van der Waals surface area (Å²) in [4.78, 5) is 22.4. The summed E-state index contributed by atoms with van der Waals surface area (Å²) >= 11 is 1.62. The van der Waals surface area contributed by atoms with Crippen LogP contribution in [0, 0.1) is 6.92 Å². The number of benzene rings is 2. The van der Waals surface area contributed by atoms with Gasteiger partial charge in [0.05, 0.1) is 17.2 Å². The number of aryl methyl sites for hydroxylation is 1. The zero-order valence-electron chi connectivity index (χ0n) is 21.2. The normalized spacial score (nSPS) is 22.2. The summed E-state index contributed by atoms with van der Waals surface area (Å²) in [5.41, 5.74) is 3.63. The van der Waals surface area contributed by atoms with Gasteiger partial charge in [0.15, 0.2) is 0 Å². The van der Waals surface area contributed by atoms with Crippen LogP contribution in [0.5, 0.6) is 0 Å². The predicted molar refractivity (Wildman–Crippen MR) is 140 cm³/mol. The Bertz CT molecular complexity index is 1170. The molecule has 3 aromatic rings. The maximum absolute atomic E-state index is 13.4. The molecule has 6 heteroatoms. The van der Waals surface area contributed by atoms with Gasteiger partial charge >= 0.3 is 6.09 Å². The lowest BCUT2D eigenvalue weighted by molar-refractivity contribution is -0.0614. The Balaban J connectivity index is 1.38. The summed E-state index contributed by atoms with van der Waals surface area (Å²) in [6.07, 6.45) is 1.38. The van der Waals surface area contributed by atoms with Crippen LogP contribution in [0.4, 0.5) is 4.79 Å². The van der Waals surface area contributed by atoms with Crippen molar-refractivity contribution in [3.05, 3.63) is 87.4 Å². The SMILES string of the molecule is Cc1nc(CN2C(=O)OC3(CCN(Cc4ccc(C(C)C)cc4)CC3)C2(C)c2ccccc2)cs1. The average molecular weight is 490 g/mol. The Morgan fingerprint density at radius 3 is 2.31 bits per heavy atom. The third-order valence-corrected chi connectivity index (χ3v) is 8.79. The molecule has 5 nitrogen and oxygen atoms in total. The molecule has 0 saturated carbocycles. The summed E-state index contributed by atoms with van der Waals surface area (Å²) in [6.45, 7) is 11.8. The van der Waals surface area contributed by atoms with Crippen molar-refractivity contribution in [3.63, 3.8) is 0 Å². The second-order valence-corrected chi connectivity index (χ2v) is 11.5. The molecule has 0 radical (unpaired) electrons. The van der Waals surface area contributed by atoms with E-state index >= 15 is 0 Å². The predicted octanol–water partition coefficient (Wildman–Crippen LogP) is 6.48. The molecule has 1 atom stereocenters. The highest BCUT2D eigenvalue weighted by molar-refractivity contribution is 7.09. The van der Waals surface area contributed by atoms with Crippen LogP contribution in [0.25, 0.3) is 0 Å². The number of ether oxygens (including phenoxy) is 1. The van der Waals surface area contributed by atoms with E-state index in [1.54, 1.807) is 11.3 Å².